The Labute approximate surface area is 112 Å². The molecule has 0 atom stereocenters. The zero-order valence-electron chi connectivity index (χ0n) is 11.2. The van der Waals surface area contributed by atoms with E-state index in [0.29, 0.717) is 13.2 Å². The Hall–Kier alpha value is -1.75. The number of hydrogen-bond acceptors (Lipinski definition) is 4. The quantitative estimate of drug-likeness (QED) is 0.822. The molecule has 2 N–H and O–H groups in total. The van der Waals surface area contributed by atoms with Crippen LogP contribution in [0, 0.1) is 12.3 Å². The summed E-state index contributed by atoms with van der Waals surface area (Å²) in [6.45, 7) is 5.45. The first-order valence-electron chi connectivity index (χ1n) is 6.36. The third kappa shape index (κ3) is 2.81. The molecule has 2 rings (SSSR count). The fourth-order valence-electron chi connectivity index (χ4n) is 2.00. The SMILES string of the molecule is CCOc1ccc(NCC2(C(=O)O)COC2)cc1C. The van der Waals surface area contributed by atoms with E-state index in [-0.39, 0.29) is 13.2 Å². The van der Waals surface area contributed by atoms with Gasteiger partial charge < -0.3 is 19.9 Å². The van der Waals surface area contributed by atoms with Crippen LogP contribution in [0.4, 0.5) is 5.69 Å². The molecule has 0 bridgehead atoms. The van der Waals surface area contributed by atoms with Gasteiger partial charge in [0, 0.05) is 12.2 Å². The van der Waals surface area contributed by atoms with Gasteiger partial charge in [-0.2, -0.15) is 0 Å². The Morgan fingerprint density at radius 1 is 1.53 bits per heavy atom. The van der Waals surface area contributed by atoms with E-state index in [1.807, 2.05) is 32.0 Å². The summed E-state index contributed by atoms with van der Waals surface area (Å²) in [4.78, 5) is 11.2. The van der Waals surface area contributed by atoms with Crippen LogP contribution in [0.1, 0.15) is 12.5 Å². The Bertz CT molecular complexity index is 469. The third-order valence-electron chi connectivity index (χ3n) is 3.32. The normalized spacial score (nSPS) is 16.5. The highest BCUT2D eigenvalue weighted by Gasteiger charge is 2.46. The Morgan fingerprint density at radius 2 is 2.26 bits per heavy atom. The molecule has 0 amide bonds. The number of ether oxygens (including phenoxy) is 2. The molecule has 1 aliphatic rings. The van der Waals surface area contributed by atoms with Crippen molar-refractivity contribution >= 4 is 11.7 Å². The van der Waals surface area contributed by atoms with Crippen molar-refractivity contribution in [3.63, 3.8) is 0 Å². The molecular weight excluding hydrogens is 246 g/mol. The van der Waals surface area contributed by atoms with Crippen LogP contribution >= 0.6 is 0 Å². The Morgan fingerprint density at radius 3 is 2.74 bits per heavy atom. The average molecular weight is 265 g/mol. The second-order valence-corrected chi connectivity index (χ2v) is 4.85. The molecule has 1 heterocycles. The monoisotopic (exact) mass is 265 g/mol. The van der Waals surface area contributed by atoms with Gasteiger partial charge in [-0.25, -0.2) is 0 Å². The maximum atomic E-state index is 11.2. The highest BCUT2D eigenvalue weighted by Crippen LogP contribution is 2.29. The molecule has 0 unspecified atom stereocenters. The fraction of sp³-hybridized carbons (Fsp3) is 0.500. The first-order chi connectivity index (χ1) is 9.07. The van der Waals surface area contributed by atoms with Gasteiger partial charge >= 0.3 is 5.97 Å². The smallest absolute Gasteiger partial charge is 0.316 e. The molecule has 104 valence electrons. The van der Waals surface area contributed by atoms with Crippen molar-refractivity contribution in [2.75, 3.05) is 31.7 Å². The fourth-order valence-corrected chi connectivity index (χ4v) is 2.00. The van der Waals surface area contributed by atoms with Crippen molar-refractivity contribution in [1.29, 1.82) is 0 Å². The maximum Gasteiger partial charge on any atom is 0.316 e. The van der Waals surface area contributed by atoms with Crippen LogP contribution in [0.3, 0.4) is 0 Å². The van der Waals surface area contributed by atoms with Crippen LogP contribution in [-0.2, 0) is 9.53 Å². The van der Waals surface area contributed by atoms with Gasteiger partial charge in [0.2, 0.25) is 0 Å². The van der Waals surface area contributed by atoms with E-state index in [1.165, 1.54) is 0 Å². The van der Waals surface area contributed by atoms with Gasteiger partial charge in [-0.1, -0.05) is 0 Å². The number of carbonyl (C=O) groups is 1. The van der Waals surface area contributed by atoms with Crippen LogP contribution in [-0.4, -0.2) is 37.4 Å². The Kier molecular flexibility index (Phi) is 3.95. The van der Waals surface area contributed by atoms with Gasteiger partial charge in [0.25, 0.3) is 0 Å². The van der Waals surface area contributed by atoms with E-state index in [1.54, 1.807) is 0 Å². The lowest BCUT2D eigenvalue weighted by atomic mass is 9.86. The summed E-state index contributed by atoms with van der Waals surface area (Å²) in [6, 6.07) is 5.75. The predicted octanol–water partition coefficient (Wildman–Crippen LogP) is 1.91. The molecule has 19 heavy (non-hydrogen) atoms. The largest absolute Gasteiger partial charge is 0.494 e. The van der Waals surface area contributed by atoms with E-state index in [0.717, 1.165) is 17.0 Å². The first-order valence-corrected chi connectivity index (χ1v) is 6.36. The molecule has 1 aromatic rings. The number of carboxylic acid groups (broad SMARTS) is 1. The zero-order valence-corrected chi connectivity index (χ0v) is 11.2. The van der Waals surface area contributed by atoms with Gasteiger partial charge in [0.05, 0.1) is 19.8 Å². The number of carboxylic acids is 1. The van der Waals surface area contributed by atoms with Gasteiger partial charge in [0.15, 0.2) is 0 Å². The average Bonchev–Trinajstić information content (AvgIpc) is 2.31. The third-order valence-corrected chi connectivity index (χ3v) is 3.32. The van der Waals surface area contributed by atoms with E-state index in [2.05, 4.69) is 5.32 Å². The molecule has 0 aromatic heterocycles. The van der Waals surface area contributed by atoms with Gasteiger partial charge in [-0.3, -0.25) is 4.79 Å². The van der Waals surface area contributed by atoms with E-state index < -0.39 is 11.4 Å². The van der Waals surface area contributed by atoms with Crippen molar-refractivity contribution in [3.8, 4) is 5.75 Å². The van der Waals surface area contributed by atoms with Crippen LogP contribution in [0.15, 0.2) is 18.2 Å². The minimum Gasteiger partial charge on any atom is -0.494 e. The van der Waals surface area contributed by atoms with E-state index >= 15 is 0 Å². The van der Waals surface area contributed by atoms with Gasteiger partial charge in [-0.05, 0) is 37.6 Å². The summed E-state index contributed by atoms with van der Waals surface area (Å²) < 4.78 is 10.5. The molecule has 1 saturated heterocycles. The molecule has 1 aliphatic heterocycles. The highest BCUT2D eigenvalue weighted by molar-refractivity contribution is 5.77. The highest BCUT2D eigenvalue weighted by atomic mass is 16.5. The molecule has 0 saturated carbocycles. The minimum absolute atomic E-state index is 0.269. The number of hydrogen-bond donors (Lipinski definition) is 2. The number of aliphatic carboxylic acids is 1. The first kappa shape index (κ1) is 13.7. The summed E-state index contributed by atoms with van der Waals surface area (Å²) >= 11 is 0. The van der Waals surface area contributed by atoms with Crippen LogP contribution in [0.2, 0.25) is 0 Å². The number of nitrogens with one attached hydrogen (secondary N) is 1. The number of benzene rings is 1. The molecule has 0 aliphatic carbocycles. The molecule has 0 spiro atoms. The summed E-state index contributed by atoms with van der Waals surface area (Å²) in [5, 5.41) is 12.4. The van der Waals surface area contributed by atoms with Crippen molar-refractivity contribution in [2.24, 2.45) is 5.41 Å². The van der Waals surface area contributed by atoms with Crippen molar-refractivity contribution in [2.45, 2.75) is 13.8 Å². The van der Waals surface area contributed by atoms with Crippen LogP contribution in [0.25, 0.3) is 0 Å². The van der Waals surface area contributed by atoms with Gasteiger partial charge in [0.1, 0.15) is 11.2 Å². The van der Waals surface area contributed by atoms with Gasteiger partial charge in [-0.15, -0.1) is 0 Å². The van der Waals surface area contributed by atoms with Crippen molar-refractivity contribution in [1.82, 2.24) is 0 Å². The lowest BCUT2D eigenvalue weighted by Gasteiger charge is -2.37. The van der Waals surface area contributed by atoms with Crippen LogP contribution in [0.5, 0.6) is 5.75 Å². The molecule has 5 heteroatoms. The van der Waals surface area contributed by atoms with Crippen molar-refractivity contribution < 1.29 is 19.4 Å². The second kappa shape index (κ2) is 5.48. The second-order valence-electron chi connectivity index (χ2n) is 4.85. The topological polar surface area (TPSA) is 67.8 Å². The summed E-state index contributed by atoms with van der Waals surface area (Å²) in [6.07, 6.45) is 0. The maximum absolute atomic E-state index is 11.2. The standard InChI is InChI=1S/C14H19NO4/c1-3-19-12-5-4-11(6-10(12)2)15-7-14(13(16)17)8-18-9-14/h4-6,15H,3,7-9H2,1-2H3,(H,16,17). The summed E-state index contributed by atoms with van der Waals surface area (Å²) in [5.74, 6) is 0.0434. The predicted molar refractivity (Wildman–Crippen MR) is 71.7 cm³/mol. The molecule has 0 radical (unpaired) electrons. The van der Waals surface area contributed by atoms with Crippen LogP contribution < -0.4 is 10.1 Å². The lowest BCUT2D eigenvalue weighted by molar-refractivity contribution is -0.176. The molecule has 5 nitrogen and oxygen atoms in total. The van der Waals surface area contributed by atoms with E-state index in [9.17, 15) is 9.90 Å². The van der Waals surface area contributed by atoms with E-state index in [4.69, 9.17) is 9.47 Å². The zero-order chi connectivity index (χ0) is 13.9. The molecule has 1 aromatic carbocycles. The lowest BCUT2D eigenvalue weighted by Crippen LogP contribution is -2.53. The minimum atomic E-state index is -0.811. The summed E-state index contributed by atoms with van der Waals surface area (Å²) in [7, 11) is 0. The number of rotatable bonds is 6. The Balaban J connectivity index is 2.00. The summed E-state index contributed by atoms with van der Waals surface area (Å²) in [5.41, 5.74) is 1.14. The number of anilines is 1. The molecular formula is C14H19NO4. The van der Waals surface area contributed by atoms with Crippen molar-refractivity contribution in [3.05, 3.63) is 23.8 Å². The number of aryl methyl sites for hydroxylation is 1. The molecule has 1 fully saturated rings.